The fraction of sp³-hybridized carbons (Fsp3) is 0. The molecule has 0 amide bonds. The molecule has 1 aromatic carbocycles. The van der Waals surface area contributed by atoms with Crippen LogP contribution in [0.2, 0.25) is 0 Å². The molecule has 2 aromatic rings. The molecular weight excluding hydrogens is 233 g/mol. The lowest BCUT2D eigenvalue weighted by atomic mass is 10.1. The van der Waals surface area contributed by atoms with E-state index in [1.165, 1.54) is 0 Å². The number of thiazole rings is 1. The molecule has 16 heavy (non-hydrogen) atoms. The monoisotopic (exact) mass is 239 g/mol. The van der Waals surface area contributed by atoms with Gasteiger partial charge in [-0.2, -0.15) is 0 Å². The maximum atomic E-state index is 13.0. The van der Waals surface area contributed by atoms with E-state index in [1.54, 1.807) is 5.38 Å². The third-order valence-electron chi connectivity index (χ3n) is 1.95. The highest BCUT2D eigenvalue weighted by atomic mass is 32.1. The van der Waals surface area contributed by atoms with Gasteiger partial charge >= 0.3 is 0 Å². The molecule has 7 heteroatoms. The van der Waals surface area contributed by atoms with Gasteiger partial charge in [0, 0.05) is 11.4 Å². The number of nitrogen functional groups attached to an aromatic ring is 1. The molecule has 82 valence electrons. The van der Waals surface area contributed by atoms with Crippen LogP contribution in [0.25, 0.3) is 11.3 Å². The minimum absolute atomic E-state index is 0.137. The summed E-state index contributed by atoms with van der Waals surface area (Å²) in [4.78, 5) is 14.1. The van der Waals surface area contributed by atoms with Crippen molar-refractivity contribution in [2.24, 2.45) is 0 Å². The lowest BCUT2D eigenvalue weighted by Crippen LogP contribution is -1.93. The van der Waals surface area contributed by atoms with E-state index >= 15 is 0 Å². The molecule has 0 aliphatic carbocycles. The molecule has 0 unspecified atom stereocenters. The van der Waals surface area contributed by atoms with Crippen molar-refractivity contribution in [1.29, 1.82) is 0 Å². The van der Waals surface area contributed by atoms with Gasteiger partial charge < -0.3 is 5.73 Å². The van der Waals surface area contributed by atoms with Gasteiger partial charge in [0.05, 0.1) is 16.2 Å². The number of benzene rings is 1. The molecule has 0 atom stereocenters. The zero-order valence-electron chi connectivity index (χ0n) is 7.88. The molecule has 0 saturated carbocycles. The van der Waals surface area contributed by atoms with Gasteiger partial charge in [0.2, 0.25) is 0 Å². The van der Waals surface area contributed by atoms with E-state index in [0.29, 0.717) is 5.69 Å². The number of anilines is 1. The van der Waals surface area contributed by atoms with E-state index in [2.05, 4.69) is 4.98 Å². The van der Waals surface area contributed by atoms with Gasteiger partial charge in [-0.3, -0.25) is 10.1 Å². The highest BCUT2D eigenvalue weighted by Crippen LogP contribution is 2.31. The standard InChI is InChI=1S/C9H6FN3O2S/c10-5-1-2-8(13(14)15)6(3-5)7-4-16-9(11)12-7/h1-4H,(H2,11,12). The van der Waals surface area contributed by atoms with Gasteiger partial charge in [0.25, 0.3) is 5.69 Å². The van der Waals surface area contributed by atoms with Crippen LogP contribution in [0.1, 0.15) is 0 Å². The summed E-state index contributed by atoms with van der Waals surface area (Å²) in [6, 6.07) is 3.23. The largest absolute Gasteiger partial charge is 0.375 e. The smallest absolute Gasteiger partial charge is 0.279 e. The molecule has 2 rings (SSSR count). The van der Waals surface area contributed by atoms with Crippen LogP contribution in [-0.2, 0) is 0 Å². The first-order valence-corrected chi connectivity index (χ1v) is 5.11. The Morgan fingerprint density at radius 3 is 2.81 bits per heavy atom. The number of nitro benzene ring substituents is 1. The number of nitro groups is 1. The summed E-state index contributed by atoms with van der Waals surface area (Å²) in [7, 11) is 0. The quantitative estimate of drug-likeness (QED) is 0.644. The van der Waals surface area contributed by atoms with Crippen LogP contribution < -0.4 is 5.73 Å². The number of hydrogen-bond donors (Lipinski definition) is 1. The Bertz CT molecular complexity index is 555. The Kier molecular flexibility index (Phi) is 2.53. The summed E-state index contributed by atoms with van der Waals surface area (Å²) < 4.78 is 13.0. The number of nitrogens with two attached hydrogens (primary N) is 1. The van der Waals surface area contributed by atoms with E-state index < -0.39 is 10.7 Å². The molecule has 0 saturated heterocycles. The summed E-state index contributed by atoms with van der Waals surface area (Å²) in [5.74, 6) is -0.549. The number of halogens is 1. The van der Waals surface area contributed by atoms with Gasteiger partial charge in [-0.25, -0.2) is 9.37 Å². The maximum Gasteiger partial charge on any atom is 0.279 e. The number of aromatic nitrogens is 1. The number of nitrogens with zero attached hydrogens (tertiary/aromatic N) is 2. The van der Waals surface area contributed by atoms with Gasteiger partial charge in [-0.15, -0.1) is 11.3 Å². The van der Waals surface area contributed by atoms with Crippen LogP contribution in [0.15, 0.2) is 23.6 Å². The Morgan fingerprint density at radius 2 is 2.25 bits per heavy atom. The fourth-order valence-electron chi connectivity index (χ4n) is 1.28. The second kappa shape index (κ2) is 3.86. The fourth-order valence-corrected chi connectivity index (χ4v) is 1.85. The third kappa shape index (κ3) is 1.84. The van der Waals surface area contributed by atoms with Crippen molar-refractivity contribution in [2.75, 3.05) is 5.73 Å². The Hall–Kier alpha value is -2.02. The lowest BCUT2D eigenvalue weighted by molar-refractivity contribution is -0.384. The Balaban J connectivity index is 2.62. The summed E-state index contributed by atoms with van der Waals surface area (Å²) in [5.41, 5.74) is 5.69. The highest BCUT2D eigenvalue weighted by Gasteiger charge is 2.17. The van der Waals surface area contributed by atoms with Crippen molar-refractivity contribution in [3.63, 3.8) is 0 Å². The van der Waals surface area contributed by atoms with Crippen molar-refractivity contribution in [1.82, 2.24) is 4.98 Å². The lowest BCUT2D eigenvalue weighted by Gasteiger charge is -1.99. The Morgan fingerprint density at radius 1 is 1.50 bits per heavy atom. The van der Waals surface area contributed by atoms with Gasteiger partial charge in [0.1, 0.15) is 5.82 Å². The molecule has 5 nitrogen and oxygen atoms in total. The van der Waals surface area contributed by atoms with Crippen molar-refractivity contribution in [2.45, 2.75) is 0 Å². The first-order chi connectivity index (χ1) is 7.58. The van der Waals surface area contributed by atoms with Crippen molar-refractivity contribution >= 4 is 22.2 Å². The second-order valence-corrected chi connectivity index (χ2v) is 3.88. The van der Waals surface area contributed by atoms with E-state index in [9.17, 15) is 14.5 Å². The zero-order valence-corrected chi connectivity index (χ0v) is 8.70. The average molecular weight is 239 g/mol. The zero-order chi connectivity index (χ0) is 11.7. The molecule has 0 radical (unpaired) electrons. The van der Waals surface area contributed by atoms with Crippen LogP contribution >= 0.6 is 11.3 Å². The SMILES string of the molecule is Nc1nc(-c2cc(F)ccc2[N+](=O)[O-])cs1. The first kappa shape index (κ1) is 10.5. The van der Waals surface area contributed by atoms with E-state index in [4.69, 9.17) is 5.73 Å². The van der Waals surface area contributed by atoms with Crippen molar-refractivity contribution in [3.8, 4) is 11.3 Å². The normalized spacial score (nSPS) is 10.3. The van der Waals surface area contributed by atoms with Crippen LogP contribution in [0.4, 0.5) is 15.2 Å². The Labute approximate surface area is 93.5 Å². The van der Waals surface area contributed by atoms with Gasteiger partial charge in [-0.1, -0.05) is 0 Å². The molecule has 1 aromatic heterocycles. The first-order valence-electron chi connectivity index (χ1n) is 4.23. The maximum absolute atomic E-state index is 13.0. The minimum Gasteiger partial charge on any atom is -0.375 e. The molecule has 0 spiro atoms. The van der Waals surface area contributed by atoms with Crippen LogP contribution in [0.5, 0.6) is 0 Å². The molecule has 0 aliphatic rings. The van der Waals surface area contributed by atoms with Crippen molar-refractivity contribution in [3.05, 3.63) is 39.5 Å². The summed E-state index contributed by atoms with van der Waals surface area (Å²) in [6.07, 6.45) is 0. The molecule has 0 aliphatic heterocycles. The third-order valence-corrected chi connectivity index (χ3v) is 2.63. The van der Waals surface area contributed by atoms with Gasteiger partial charge in [-0.05, 0) is 12.1 Å². The van der Waals surface area contributed by atoms with E-state index in [1.807, 2.05) is 0 Å². The van der Waals surface area contributed by atoms with Crippen LogP contribution in [0.3, 0.4) is 0 Å². The van der Waals surface area contributed by atoms with E-state index in [-0.39, 0.29) is 16.4 Å². The molecule has 0 fully saturated rings. The van der Waals surface area contributed by atoms with Crippen molar-refractivity contribution < 1.29 is 9.31 Å². The molecular formula is C9H6FN3O2S. The second-order valence-electron chi connectivity index (χ2n) is 2.99. The average Bonchev–Trinajstić information content (AvgIpc) is 2.64. The molecule has 1 heterocycles. The molecule has 0 bridgehead atoms. The summed E-state index contributed by atoms with van der Waals surface area (Å²) in [5, 5.41) is 12.6. The predicted molar refractivity (Wildman–Crippen MR) is 58.6 cm³/mol. The predicted octanol–water partition coefficient (Wildman–Crippen LogP) is 2.44. The topological polar surface area (TPSA) is 82.0 Å². The highest BCUT2D eigenvalue weighted by molar-refractivity contribution is 7.13. The van der Waals surface area contributed by atoms with Crippen LogP contribution in [0, 0.1) is 15.9 Å². The number of rotatable bonds is 2. The van der Waals surface area contributed by atoms with E-state index in [0.717, 1.165) is 29.5 Å². The summed E-state index contributed by atoms with van der Waals surface area (Å²) in [6.45, 7) is 0. The van der Waals surface area contributed by atoms with Crippen LogP contribution in [-0.4, -0.2) is 9.91 Å². The minimum atomic E-state index is -0.579. The number of hydrogen-bond acceptors (Lipinski definition) is 5. The van der Waals surface area contributed by atoms with Gasteiger partial charge in [0.15, 0.2) is 5.13 Å². The molecule has 2 N–H and O–H groups in total. The summed E-state index contributed by atoms with van der Waals surface area (Å²) >= 11 is 1.15.